The Morgan fingerprint density at radius 3 is 2.50 bits per heavy atom. The molecule has 4 rings (SSSR count). The maximum atomic E-state index is 13.8. The third kappa shape index (κ3) is 2.55. The highest BCUT2D eigenvalue weighted by Gasteiger charge is 2.42. The molecule has 0 saturated carbocycles. The predicted octanol–water partition coefficient (Wildman–Crippen LogP) is 5.58. The zero-order valence-electron chi connectivity index (χ0n) is 14.3. The number of rotatable bonds is 2. The minimum atomic E-state index is -4.45. The minimum Gasteiger partial charge on any atom is -0.497 e. The highest BCUT2D eigenvalue weighted by molar-refractivity contribution is 5.79. The average Bonchev–Trinajstić information content (AvgIpc) is 2.94. The van der Waals surface area contributed by atoms with Gasteiger partial charge in [0.05, 0.1) is 18.4 Å². The molecule has 132 valence electrons. The summed E-state index contributed by atoms with van der Waals surface area (Å²) in [4.78, 5) is 4.46. The van der Waals surface area contributed by atoms with Crippen LogP contribution in [0.5, 0.6) is 5.75 Å². The number of pyridine rings is 1. The van der Waals surface area contributed by atoms with E-state index in [4.69, 9.17) is 4.74 Å². The first-order valence-electron chi connectivity index (χ1n) is 8.22. The highest BCUT2D eigenvalue weighted by Crippen LogP contribution is 2.51. The molecule has 0 aliphatic heterocycles. The number of ether oxygens (including phenoxy) is 1. The van der Waals surface area contributed by atoms with Gasteiger partial charge in [-0.2, -0.15) is 13.2 Å². The van der Waals surface area contributed by atoms with Gasteiger partial charge in [0.2, 0.25) is 0 Å². The molecule has 1 aliphatic rings. The standard InChI is InChI=1S/C21H16F3NO/c1-12-10-17(21(22,23)24)19-18(13-6-5-7-14(11-13)26-2)15-8-3-4-9-16(15)20(19)25-12/h3-11,18H,1-2H3. The van der Waals surface area contributed by atoms with Crippen LogP contribution in [0.1, 0.15) is 33.9 Å². The van der Waals surface area contributed by atoms with E-state index in [0.29, 0.717) is 17.1 Å². The van der Waals surface area contributed by atoms with Gasteiger partial charge >= 0.3 is 6.18 Å². The van der Waals surface area contributed by atoms with E-state index >= 15 is 0 Å². The van der Waals surface area contributed by atoms with Crippen molar-refractivity contribution in [1.29, 1.82) is 0 Å². The second-order valence-electron chi connectivity index (χ2n) is 6.37. The molecule has 0 spiro atoms. The molecule has 3 aromatic rings. The first kappa shape index (κ1) is 16.6. The number of hydrogen-bond acceptors (Lipinski definition) is 2. The summed E-state index contributed by atoms with van der Waals surface area (Å²) in [6.45, 7) is 1.59. The Hall–Kier alpha value is -2.82. The fraction of sp³-hybridized carbons (Fsp3) is 0.190. The largest absolute Gasteiger partial charge is 0.497 e. The predicted molar refractivity (Wildman–Crippen MR) is 93.4 cm³/mol. The normalized spacial score (nSPS) is 15.5. The zero-order chi connectivity index (χ0) is 18.5. The van der Waals surface area contributed by atoms with Crippen LogP contribution >= 0.6 is 0 Å². The van der Waals surface area contributed by atoms with E-state index in [1.165, 1.54) is 0 Å². The number of alkyl halides is 3. The first-order valence-corrected chi connectivity index (χ1v) is 8.22. The van der Waals surface area contributed by atoms with Crippen molar-refractivity contribution in [2.24, 2.45) is 0 Å². The molecule has 1 aromatic heterocycles. The van der Waals surface area contributed by atoms with E-state index in [-0.39, 0.29) is 5.56 Å². The number of aryl methyl sites for hydroxylation is 1. The molecule has 0 amide bonds. The number of hydrogen-bond donors (Lipinski definition) is 0. The van der Waals surface area contributed by atoms with Gasteiger partial charge in [0, 0.05) is 22.7 Å². The topological polar surface area (TPSA) is 22.1 Å². The van der Waals surface area contributed by atoms with Crippen LogP contribution in [0.4, 0.5) is 13.2 Å². The maximum absolute atomic E-state index is 13.8. The monoisotopic (exact) mass is 355 g/mol. The van der Waals surface area contributed by atoms with Crippen molar-refractivity contribution >= 4 is 0 Å². The van der Waals surface area contributed by atoms with Gasteiger partial charge in [-0.25, -0.2) is 0 Å². The lowest BCUT2D eigenvalue weighted by atomic mass is 9.87. The Morgan fingerprint density at radius 1 is 1.00 bits per heavy atom. The van der Waals surface area contributed by atoms with Gasteiger partial charge in [0.15, 0.2) is 0 Å². The van der Waals surface area contributed by atoms with Gasteiger partial charge in [0.25, 0.3) is 0 Å². The summed E-state index contributed by atoms with van der Waals surface area (Å²) < 4.78 is 46.8. The summed E-state index contributed by atoms with van der Waals surface area (Å²) in [7, 11) is 1.54. The number of methoxy groups -OCH3 is 1. The van der Waals surface area contributed by atoms with Crippen LogP contribution in [0, 0.1) is 6.92 Å². The molecule has 0 bridgehead atoms. The number of nitrogens with zero attached hydrogens (tertiary/aromatic N) is 1. The third-order valence-corrected chi connectivity index (χ3v) is 4.73. The molecular weight excluding hydrogens is 339 g/mol. The van der Waals surface area contributed by atoms with Crippen molar-refractivity contribution in [3.05, 3.63) is 82.5 Å². The van der Waals surface area contributed by atoms with Crippen molar-refractivity contribution in [1.82, 2.24) is 4.98 Å². The molecular formula is C21H16F3NO. The summed E-state index contributed by atoms with van der Waals surface area (Å²) in [5.74, 6) is 0.0862. The van der Waals surface area contributed by atoms with Gasteiger partial charge in [0.1, 0.15) is 5.75 Å². The maximum Gasteiger partial charge on any atom is 0.416 e. The fourth-order valence-electron chi connectivity index (χ4n) is 3.70. The molecule has 1 unspecified atom stereocenters. The van der Waals surface area contributed by atoms with Crippen LogP contribution in [0.15, 0.2) is 54.6 Å². The molecule has 5 heteroatoms. The zero-order valence-corrected chi connectivity index (χ0v) is 14.3. The molecule has 0 fully saturated rings. The molecule has 0 radical (unpaired) electrons. The van der Waals surface area contributed by atoms with Crippen molar-refractivity contribution in [2.45, 2.75) is 19.0 Å². The molecule has 1 aliphatic carbocycles. The molecule has 2 nitrogen and oxygen atoms in total. The molecule has 0 saturated heterocycles. The van der Waals surface area contributed by atoms with E-state index in [2.05, 4.69) is 4.98 Å². The van der Waals surface area contributed by atoms with Crippen LogP contribution in [0.25, 0.3) is 11.3 Å². The van der Waals surface area contributed by atoms with Crippen molar-refractivity contribution in [2.75, 3.05) is 7.11 Å². The van der Waals surface area contributed by atoms with Gasteiger partial charge in [-0.15, -0.1) is 0 Å². The van der Waals surface area contributed by atoms with Gasteiger partial charge in [-0.3, -0.25) is 4.98 Å². The van der Waals surface area contributed by atoms with Crippen molar-refractivity contribution in [3.63, 3.8) is 0 Å². The summed E-state index contributed by atoms with van der Waals surface area (Å²) >= 11 is 0. The van der Waals surface area contributed by atoms with Crippen LogP contribution in [0.2, 0.25) is 0 Å². The van der Waals surface area contributed by atoms with Crippen molar-refractivity contribution in [3.8, 4) is 17.0 Å². The lowest BCUT2D eigenvalue weighted by Crippen LogP contribution is -2.13. The Balaban J connectivity index is 2.05. The second-order valence-corrected chi connectivity index (χ2v) is 6.37. The van der Waals surface area contributed by atoms with Crippen LogP contribution in [-0.4, -0.2) is 12.1 Å². The number of aromatic nitrogens is 1. The van der Waals surface area contributed by atoms with Gasteiger partial charge in [-0.1, -0.05) is 36.4 Å². The van der Waals surface area contributed by atoms with E-state index in [1.807, 2.05) is 30.3 Å². The minimum absolute atomic E-state index is 0.220. The summed E-state index contributed by atoms with van der Waals surface area (Å²) in [6.07, 6.45) is -4.45. The Labute approximate surface area is 149 Å². The SMILES string of the molecule is COc1cccc(C2c3ccccc3-c3nc(C)cc(C(F)(F)F)c32)c1. The van der Waals surface area contributed by atoms with E-state index in [1.54, 1.807) is 32.2 Å². The highest BCUT2D eigenvalue weighted by atomic mass is 19.4. The fourth-order valence-corrected chi connectivity index (χ4v) is 3.70. The van der Waals surface area contributed by atoms with E-state index in [9.17, 15) is 13.2 Å². The number of halogens is 3. The lowest BCUT2D eigenvalue weighted by Gasteiger charge is -2.20. The average molecular weight is 355 g/mol. The quantitative estimate of drug-likeness (QED) is 0.468. The van der Waals surface area contributed by atoms with Crippen LogP contribution in [0.3, 0.4) is 0 Å². The van der Waals surface area contributed by atoms with E-state index < -0.39 is 17.7 Å². The van der Waals surface area contributed by atoms with Crippen LogP contribution in [-0.2, 0) is 6.18 Å². The summed E-state index contributed by atoms with van der Waals surface area (Å²) in [5.41, 5.74) is 2.72. The Bertz CT molecular complexity index is 995. The van der Waals surface area contributed by atoms with E-state index in [0.717, 1.165) is 22.8 Å². The van der Waals surface area contributed by atoms with Gasteiger partial charge < -0.3 is 4.74 Å². The molecule has 1 atom stereocenters. The Kier molecular flexibility index (Phi) is 3.75. The molecule has 0 N–H and O–H groups in total. The number of fused-ring (bicyclic) bond motifs is 3. The Morgan fingerprint density at radius 2 is 1.77 bits per heavy atom. The number of benzene rings is 2. The molecule has 2 aromatic carbocycles. The van der Waals surface area contributed by atoms with Crippen LogP contribution < -0.4 is 4.74 Å². The molecule has 26 heavy (non-hydrogen) atoms. The first-order chi connectivity index (χ1) is 12.4. The summed E-state index contributed by atoms with van der Waals surface area (Å²) in [5, 5.41) is 0. The smallest absolute Gasteiger partial charge is 0.416 e. The summed E-state index contributed by atoms with van der Waals surface area (Å²) in [6, 6.07) is 15.7. The lowest BCUT2D eigenvalue weighted by molar-refractivity contribution is -0.138. The van der Waals surface area contributed by atoms with Crippen molar-refractivity contribution < 1.29 is 17.9 Å². The third-order valence-electron chi connectivity index (χ3n) is 4.73. The van der Waals surface area contributed by atoms with Gasteiger partial charge in [-0.05, 0) is 36.2 Å². The molecule has 1 heterocycles. The second kappa shape index (κ2) is 5.87.